The number of aromatic nitrogens is 2. The number of nitrogens with one attached hydrogen (secondary N) is 1. The first kappa shape index (κ1) is 19.3. The number of rotatable bonds is 8. The second-order valence-corrected chi connectivity index (χ2v) is 6.43. The van der Waals surface area contributed by atoms with E-state index in [-0.39, 0.29) is 0 Å². The molecule has 1 N–H and O–H groups in total. The molecule has 0 atom stereocenters. The topological polar surface area (TPSA) is 71.9 Å². The Kier molecular flexibility index (Phi) is 7.12. The van der Waals surface area contributed by atoms with Crippen LogP contribution in [0.5, 0.6) is 5.88 Å². The second kappa shape index (κ2) is 9.99. The third-order valence-corrected chi connectivity index (χ3v) is 4.21. The van der Waals surface area contributed by atoms with Gasteiger partial charge < -0.3 is 19.7 Å². The fourth-order valence-electron chi connectivity index (χ4n) is 2.82. The van der Waals surface area contributed by atoms with Gasteiger partial charge in [-0.1, -0.05) is 29.8 Å². The van der Waals surface area contributed by atoms with Gasteiger partial charge in [0.05, 0.1) is 26.0 Å². The molecule has 27 heavy (non-hydrogen) atoms. The van der Waals surface area contributed by atoms with Crippen molar-refractivity contribution in [2.24, 2.45) is 4.99 Å². The van der Waals surface area contributed by atoms with E-state index in [0.29, 0.717) is 38.1 Å². The molecule has 1 fully saturated rings. The standard InChI is InChI=1S/C20H27N5O2/c1-16-4-3-5-17(12-16)14-22-15-18-23-19(25-7-10-26-11-8-25)13-20(24-18)27-9-6-21-2/h3-5,12-13,15,21H,6-11,14H2,1-2H3. The van der Waals surface area contributed by atoms with Crippen LogP contribution in [0.3, 0.4) is 0 Å². The number of aliphatic imine (C=N–C) groups is 1. The Hall–Kier alpha value is -2.51. The number of ether oxygens (including phenoxy) is 2. The number of anilines is 1. The van der Waals surface area contributed by atoms with E-state index in [9.17, 15) is 0 Å². The van der Waals surface area contributed by atoms with Crippen LogP contribution in [0.1, 0.15) is 17.0 Å². The number of hydrogen-bond donors (Lipinski definition) is 1. The van der Waals surface area contributed by atoms with Crippen LogP contribution in [0.15, 0.2) is 35.3 Å². The monoisotopic (exact) mass is 369 g/mol. The predicted octanol–water partition coefficient (Wildman–Crippen LogP) is 1.84. The first-order chi connectivity index (χ1) is 13.2. The number of hydrogen-bond acceptors (Lipinski definition) is 7. The molecule has 0 radical (unpaired) electrons. The van der Waals surface area contributed by atoms with E-state index < -0.39 is 0 Å². The molecule has 1 aliphatic rings. The van der Waals surface area contributed by atoms with Crippen molar-refractivity contribution in [2.45, 2.75) is 13.5 Å². The maximum atomic E-state index is 5.77. The summed E-state index contributed by atoms with van der Waals surface area (Å²) in [5, 5.41) is 3.07. The Morgan fingerprint density at radius 3 is 2.89 bits per heavy atom. The minimum absolute atomic E-state index is 0.552. The molecule has 0 bridgehead atoms. The van der Waals surface area contributed by atoms with Crippen LogP contribution in [0.4, 0.5) is 5.82 Å². The fraction of sp³-hybridized carbons (Fsp3) is 0.450. The molecule has 3 rings (SSSR count). The normalized spacial score (nSPS) is 14.7. The van der Waals surface area contributed by atoms with Gasteiger partial charge in [0.1, 0.15) is 12.4 Å². The quantitative estimate of drug-likeness (QED) is 0.565. The van der Waals surface area contributed by atoms with Gasteiger partial charge in [-0.3, -0.25) is 4.99 Å². The molecule has 0 amide bonds. The SMILES string of the molecule is CNCCOc1cc(N2CCOCC2)nc(C=NCc2cccc(C)c2)n1. The van der Waals surface area contributed by atoms with Crippen LogP contribution in [0.2, 0.25) is 0 Å². The van der Waals surface area contributed by atoms with Crippen LogP contribution in [0, 0.1) is 6.92 Å². The van der Waals surface area contributed by atoms with Gasteiger partial charge in [0.2, 0.25) is 5.88 Å². The molecule has 0 aliphatic carbocycles. The van der Waals surface area contributed by atoms with Gasteiger partial charge in [-0.25, -0.2) is 4.98 Å². The summed E-state index contributed by atoms with van der Waals surface area (Å²) < 4.78 is 11.2. The highest BCUT2D eigenvalue weighted by molar-refractivity contribution is 5.75. The molecule has 1 aromatic carbocycles. The summed E-state index contributed by atoms with van der Waals surface area (Å²) in [6, 6.07) is 10.2. The molecular weight excluding hydrogens is 342 g/mol. The third-order valence-electron chi connectivity index (χ3n) is 4.21. The number of morpholine rings is 1. The Balaban J connectivity index is 1.74. The zero-order valence-corrected chi connectivity index (χ0v) is 16.0. The molecule has 7 nitrogen and oxygen atoms in total. The van der Waals surface area contributed by atoms with Gasteiger partial charge in [0.15, 0.2) is 5.82 Å². The fourth-order valence-corrected chi connectivity index (χ4v) is 2.82. The molecule has 0 spiro atoms. The van der Waals surface area contributed by atoms with Crippen molar-refractivity contribution >= 4 is 12.0 Å². The molecule has 1 saturated heterocycles. The lowest BCUT2D eigenvalue weighted by Gasteiger charge is -2.28. The van der Waals surface area contributed by atoms with Crippen LogP contribution in [-0.4, -0.2) is 62.7 Å². The minimum atomic E-state index is 0.552. The second-order valence-electron chi connectivity index (χ2n) is 6.43. The molecule has 144 valence electrons. The molecule has 2 heterocycles. The maximum Gasteiger partial charge on any atom is 0.219 e. The summed E-state index contributed by atoms with van der Waals surface area (Å²) in [5.74, 6) is 1.98. The van der Waals surface area contributed by atoms with E-state index in [0.717, 1.165) is 25.5 Å². The Bertz CT molecular complexity index is 760. The summed E-state index contributed by atoms with van der Waals surface area (Å²) >= 11 is 0. The van der Waals surface area contributed by atoms with E-state index in [1.807, 2.05) is 19.2 Å². The van der Waals surface area contributed by atoms with E-state index in [1.54, 1.807) is 6.21 Å². The zero-order valence-electron chi connectivity index (χ0n) is 16.0. The van der Waals surface area contributed by atoms with Crippen molar-refractivity contribution in [1.82, 2.24) is 15.3 Å². The van der Waals surface area contributed by atoms with Crippen molar-refractivity contribution < 1.29 is 9.47 Å². The van der Waals surface area contributed by atoms with E-state index in [1.165, 1.54) is 11.1 Å². The van der Waals surface area contributed by atoms with Gasteiger partial charge in [0, 0.05) is 25.7 Å². The lowest BCUT2D eigenvalue weighted by Crippen LogP contribution is -2.37. The van der Waals surface area contributed by atoms with Gasteiger partial charge in [-0.2, -0.15) is 4.98 Å². The summed E-state index contributed by atoms with van der Waals surface area (Å²) in [6.07, 6.45) is 1.72. The highest BCUT2D eigenvalue weighted by atomic mass is 16.5. The number of nitrogens with zero attached hydrogens (tertiary/aromatic N) is 4. The van der Waals surface area contributed by atoms with Crippen molar-refractivity contribution in [2.75, 3.05) is 51.4 Å². The Morgan fingerprint density at radius 2 is 2.11 bits per heavy atom. The molecule has 7 heteroatoms. The number of likely N-dealkylation sites (N-methyl/N-ethyl adjacent to an activating group) is 1. The number of aryl methyl sites for hydroxylation is 1. The molecule has 2 aromatic rings. The Labute approximate surface area is 160 Å². The average Bonchev–Trinajstić information content (AvgIpc) is 2.69. The van der Waals surface area contributed by atoms with Crippen molar-refractivity contribution in [3.63, 3.8) is 0 Å². The van der Waals surface area contributed by atoms with Gasteiger partial charge in [-0.05, 0) is 19.5 Å². The first-order valence-corrected chi connectivity index (χ1v) is 9.29. The maximum absolute atomic E-state index is 5.77. The van der Waals surface area contributed by atoms with Crippen LogP contribution in [-0.2, 0) is 11.3 Å². The highest BCUT2D eigenvalue weighted by Crippen LogP contribution is 2.18. The van der Waals surface area contributed by atoms with Crippen LogP contribution < -0.4 is 15.0 Å². The van der Waals surface area contributed by atoms with E-state index >= 15 is 0 Å². The Morgan fingerprint density at radius 1 is 1.26 bits per heavy atom. The number of benzene rings is 1. The van der Waals surface area contributed by atoms with Crippen molar-refractivity contribution in [3.05, 3.63) is 47.3 Å². The molecule has 1 aliphatic heterocycles. The van der Waals surface area contributed by atoms with Crippen molar-refractivity contribution in [3.8, 4) is 5.88 Å². The minimum Gasteiger partial charge on any atom is -0.476 e. The lowest BCUT2D eigenvalue weighted by atomic mass is 10.1. The third kappa shape index (κ3) is 6.01. The molecule has 0 unspecified atom stereocenters. The average molecular weight is 369 g/mol. The summed E-state index contributed by atoms with van der Waals surface area (Å²) in [6.45, 7) is 7.02. The lowest BCUT2D eigenvalue weighted by molar-refractivity contribution is 0.122. The molecule has 1 aromatic heterocycles. The summed E-state index contributed by atoms with van der Waals surface area (Å²) in [4.78, 5) is 15.8. The summed E-state index contributed by atoms with van der Waals surface area (Å²) in [5.41, 5.74) is 2.40. The molecular formula is C20H27N5O2. The molecule has 0 saturated carbocycles. The zero-order chi connectivity index (χ0) is 18.9. The van der Waals surface area contributed by atoms with Crippen LogP contribution in [0.25, 0.3) is 0 Å². The van der Waals surface area contributed by atoms with E-state index in [4.69, 9.17) is 9.47 Å². The highest BCUT2D eigenvalue weighted by Gasteiger charge is 2.15. The largest absolute Gasteiger partial charge is 0.476 e. The summed E-state index contributed by atoms with van der Waals surface area (Å²) in [7, 11) is 1.89. The first-order valence-electron chi connectivity index (χ1n) is 9.29. The van der Waals surface area contributed by atoms with Gasteiger partial charge >= 0.3 is 0 Å². The van der Waals surface area contributed by atoms with Gasteiger partial charge in [-0.15, -0.1) is 0 Å². The van der Waals surface area contributed by atoms with Crippen LogP contribution >= 0.6 is 0 Å². The van der Waals surface area contributed by atoms with Gasteiger partial charge in [0.25, 0.3) is 0 Å². The smallest absolute Gasteiger partial charge is 0.219 e. The van der Waals surface area contributed by atoms with Crippen molar-refractivity contribution in [1.29, 1.82) is 0 Å². The predicted molar refractivity (Wildman–Crippen MR) is 107 cm³/mol. The van der Waals surface area contributed by atoms with E-state index in [2.05, 4.69) is 50.3 Å².